The molecule has 0 aromatic heterocycles. The molecule has 1 aliphatic heterocycles. The molecule has 2 fully saturated rings. The maximum atomic E-state index is 8.89. The first-order valence-corrected chi connectivity index (χ1v) is 6.62. The molecule has 1 aliphatic carbocycles. The van der Waals surface area contributed by atoms with Crippen molar-refractivity contribution in [1.29, 1.82) is 5.26 Å². The maximum Gasteiger partial charge on any atom is 0.0624 e. The molecule has 4 unspecified atom stereocenters. The van der Waals surface area contributed by atoms with Crippen molar-refractivity contribution in [1.82, 2.24) is 5.32 Å². The van der Waals surface area contributed by atoms with Gasteiger partial charge < -0.3 is 5.32 Å². The molecule has 2 nitrogen and oxygen atoms in total. The highest BCUT2D eigenvalue weighted by atomic mass is 15.2. The van der Waals surface area contributed by atoms with E-state index in [-0.39, 0.29) is 0 Å². The van der Waals surface area contributed by atoms with Crippen molar-refractivity contribution in [3.8, 4) is 6.07 Å². The molecule has 1 saturated heterocycles. The summed E-state index contributed by atoms with van der Waals surface area (Å²) in [5.74, 6) is 1.44. The number of fused-ring (bicyclic) bond motifs is 1. The monoisotopic (exact) mass is 220 g/mol. The van der Waals surface area contributed by atoms with Gasteiger partial charge in [0, 0.05) is 18.5 Å². The summed E-state index contributed by atoms with van der Waals surface area (Å²) < 4.78 is 0. The summed E-state index contributed by atoms with van der Waals surface area (Å²) in [6, 6.07) is 3.92. The van der Waals surface area contributed by atoms with Gasteiger partial charge >= 0.3 is 0 Å². The van der Waals surface area contributed by atoms with Crippen LogP contribution in [0.5, 0.6) is 0 Å². The molecule has 0 spiro atoms. The van der Waals surface area contributed by atoms with E-state index >= 15 is 0 Å². The zero-order chi connectivity index (χ0) is 11.8. The van der Waals surface area contributed by atoms with E-state index in [0.29, 0.717) is 11.3 Å². The van der Waals surface area contributed by atoms with Gasteiger partial charge in [0.25, 0.3) is 0 Å². The minimum Gasteiger partial charge on any atom is -0.308 e. The Bertz CT molecular complexity index is 284. The van der Waals surface area contributed by atoms with E-state index in [1.165, 1.54) is 25.7 Å². The molecule has 1 N–H and O–H groups in total. The topological polar surface area (TPSA) is 45.7 Å². The lowest BCUT2D eigenvalue weighted by Crippen LogP contribution is -2.25. The third-order valence-corrected chi connectivity index (χ3v) is 4.20. The van der Waals surface area contributed by atoms with E-state index < -0.39 is 0 Å². The van der Waals surface area contributed by atoms with Crippen molar-refractivity contribution in [2.75, 3.05) is 0 Å². The van der Waals surface area contributed by atoms with Gasteiger partial charge in [-0.15, -0.1) is 0 Å². The highest BCUT2D eigenvalue weighted by Crippen LogP contribution is 2.42. The van der Waals surface area contributed by atoms with Gasteiger partial charge in [0.05, 0.1) is 6.07 Å². The molecule has 0 bridgehead atoms. The van der Waals surface area contributed by atoms with Crippen LogP contribution in [-0.4, -0.2) is 12.1 Å². The average Bonchev–Trinajstić information content (AvgIpc) is 2.91. The summed E-state index contributed by atoms with van der Waals surface area (Å²) in [4.78, 5) is 0. The predicted octanol–water partition coefficient (Wildman–Crippen LogP) is 3.09. The SMILES string of the molecule is CC(C)(C)CCC1CC2NC2CC1CC#N. The lowest BCUT2D eigenvalue weighted by Gasteiger charge is -2.31. The molecule has 0 amide bonds. The van der Waals surface area contributed by atoms with Crippen molar-refractivity contribution >= 4 is 0 Å². The van der Waals surface area contributed by atoms with Gasteiger partial charge in [-0.25, -0.2) is 0 Å². The standard InChI is InChI=1S/C14H24N2/c1-14(2,3)6-4-10-8-12-13(16-12)9-11(10)5-7-15/h10-13,16H,4-6,8-9H2,1-3H3. The quantitative estimate of drug-likeness (QED) is 0.743. The number of nitriles is 1. The summed E-state index contributed by atoms with van der Waals surface area (Å²) in [5, 5.41) is 12.4. The van der Waals surface area contributed by atoms with Crippen LogP contribution in [0.1, 0.15) is 52.9 Å². The number of hydrogen-bond acceptors (Lipinski definition) is 2. The van der Waals surface area contributed by atoms with Crippen molar-refractivity contribution < 1.29 is 0 Å². The number of hydrogen-bond donors (Lipinski definition) is 1. The Kier molecular flexibility index (Phi) is 3.26. The predicted molar refractivity (Wildman–Crippen MR) is 65.8 cm³/mol. The third-order valence-electron chi connectivity index (χ3n) is 4.20. The third kappa shape index (κ3) is 2.98. The van der Waals surface area contributed by atoms with Crippen molar-refractivity contribution in [2.45, 2.75) is 65.0 Å². The first kappa shape index (κ1) is 11.9. The second kappa shape index (κ2) is 4.37. The minimum absolute atomic E-state index is 0.436. The number of nitrogens with one attached hydrogen (secondary N) is 1. The number of rotatable bonds is 3. The van der Waals surface area contributed by atoms with Gasteiger partial charge in [0.2, 0.25) is 0 Å². The minimum atomic E-state index is 0.436. The molecular weight excluding hydrogens is 196 g/mol. The highest BCUT2D eigenvalue weighted by molar-refractivity contribution is 5.06. The van der Waals surface area contributed by atoms with E-state index in [1.54, 1.807) is 0 Å². The lowest BCUT2D eigenvalue weighted by molar-refractivity contribution is 0.218. The van der Waals surface area contributed by atoms with Crippen molar-refractivity contribution in [2.24, 2.45) is 17.3 Å². The second-order valence-electron chi connectivity index (χ2n) is 6.83. The average molecular weight is 220 g/mol. The van der Waals surface area contributed by atoms with Crippen LogP contribution >= 0.6 is 0 Å². The molecule has 90 valence electrons. The first-order chi connectivity index (χ1) is 7.49. The van der Waals surface area contributed by atoms with Crippen LogP contribution in [0, 0.1) is 28.6 Å². The van der Waals surface area contributed by atoms with Crippen LogP contribution in [0.25, 0.3) is 0 Å². The smallest absolute Gasteiger partial charge is 0.0624 e. The summed E-state index contributed by atoms with van der Waals surface area (Å²) in [7, 11) is 0. The summed E-state index contributed by atoms with van der Waals surface area (Å²) in [5.41, 5.74) is 0.436. The molecule has 1 heterocycles. The lowest BCUT2D eigenvalue weighted by atomic mass is 9.73. The second-order valence-corrected chi connectivity index (χ2v) is 6.83. The Labute approximate surface area is 99.4 Å². The van der Waals surface area contributed by atoms with Crippen LogP contribution in [0.15, 0.2) is 0 Å². The zero-order valence-electron chi connectivity index (χ0n) is 10.8. The maximum absolute atomic E-state index is 8.89. The fourth-order valence-electron chi connectivity index (χ4n) is 3.06. The Balaban J connectivity index is 1.87. The molecule has 1 saturated carbocycles. The van der Waals surface area contributed by atoms with E-state index in [4.69, 9.17) is 5.26 Å². The van der Waals surface area contributed by atoms with E-state index in [1.807, 2.05) is 0 Å². The summed E-state index contributed by atoms with van der Waals surface area (Å²) in [6.45, 7) is 6.94. The van der Waals surface area contributed by atoms with E-state index in [9.17, 15) is 0 Å². The van der Waals surface area contributed by atoms with Crippen LogP contribution in [0.3, 0.4) is 0 Å². The van der Waals surface area contributed by atoms with Crippen LogP contribution in [0.4, 0.5) is 0 Å². The van der Waals surface area contributed by atoms with Gasteiger partial charge in [0.15, 0.2) is 0 Å². The fourth-order valence-corrected chi connectivity index (χ4v) is 3.06. The Morgan fingerprint density at radius 1 is 1.19 bits per heavy atom. The molecule has 0 aromatic rings. The summed E-state index contributed by atoms with van der Waals surface area (Å²) in [6.07, 6.45) is 5.91. The normalized spacial score (nSPS) is 37.6. The molecule has 16 heavy (non-hydrogen) atoms. The van der Waals surface area contributed by atoms with E-state index in [2.05, 4.69) is 32.2 Å². The molecular formula is C14H24N2. The molecule has 2 aliphatic rings. The molecule has 2 heteroatoms. The van der Waals surface area contributed by atoms with Gasteiger partial charge in [-0.05, 0) is 42.9 Å². The van der Waals surface area contributed by atoms with Gasteiger partial charge in [-0.1, -0.05) is 20.8 Å². The summed E-state index contributed by atoms with van der Waals surface area (Å²) >= 11 is 0. The Morgan fingerprint density at radius 2 is 1.81 bits per heavy atom. The molecule has 0 aromatic carbocycles. The van der Waals surface area contributed by atoms with Crippen molar-refractivity contribution in [3.05, 3.63) is 0 Å². The molecule has 4 atom stereocenters. The highest BCUT2D eigenvalue weighted by Gasteiger charge is 2.45. The van der Waals surface area contributed by atoms with Gasteiger partial charge in [-0.3, -0.25) is 0 Å². The Hall–Kier alpha value is -0.550. The molecule has 0 radical (unpaired) electrons. The fraction of sp³-hybridized carbons (Fsp3) is 0.929. The van der Waals surface area contributed by atoms with E-state index in [0.717, 1.165) is 24.4 Å². The van der Waals surface area contributed by atoms with Crippen LogP contribution in [-0.2, 0) is 0 Å². The Morgan fingerprint density at radius 3 is 2.38 bits per heavy atom. The van der Waals surface area contributed by atoms with Crippen LogP contribution in [0.2, 0.25) is 0 Å². The first-order valence-electron chi connectivity index (χ1n) is 6.62. The largest absolute Gasteiger partial charge is 0.308 e. The van der Waals surface area contributed by atoms with Gasteiger partial charge in [0.1, 0.15) is 0 Å². The van der Waals surface area contributed by atoms with Crippen LogP contribution < -0.4 is 5.32 Å². The number of nitrogens with zero attached hydrogens (tertiary/aromatic N) is 1. The van der Waals surface area contributed by atoms with Gasteiger partial charge in [-0.2, -0.15) is 5.26 Å². The molecule has 2 rings (SSSR count). The van der Waals surface area contributed by atoms with Crippen molar-refractivity contribution in [3.63, 3.8) is 0 Å². The zero-order valence-corrected chi connectivity index (χ0v) is 10.8.